The molecule has 4 aromatic carbocycles. The lowest BCUT2D eigenvalue weighted by Crippen LogP contribution is -2.05. The summed E-state index contributed by atoms with van der Waals surface area (Å²) < 4.78 is 189. The van der Waals surface area contributed by atoms with E-state index in [1.54, 1.807) is 0 Å². The molecule has 358 valence electrons. The molecule has 0 spiro atoms. The predicted molar refractivity (Wildman–Crippen MR) is 239 cm³/mol. The van der Waals surface area contributed by atoms with E-state index in [1.807, 2.05) is 0 Å². The SMILES string of the molecule is COc1cc(OC)c(-c2c3nc(c(-c4c(F)c(F)c(F)c(F)c4F)c4ccc([nH]4)c(-c4c(OC)cc(OC)cc4OC)c4nc(c(-c5c(F)c(F)c(F)c(F)c5F)c5ccc2[nH]5)C=C4)C=C3)c(OC)c1. The number of fused-ring (bicyclic) bond motifs is 8. The van der Waals surface area contributed by atoms with Gasteiger partial charge in [0.15, 0.2) is 46.5 Å². The van der Waals surface area contributed by atoms with Gasteiger partial charge < -0.3 is 38.4 Å². The number of hydrogen-bond acceptors (Lipinski definition) is 8. The number of halogens is 10. The standard InChI is InChI=1S/C50H32F10N4O6/c1-65-19-15-29(67-3)37(30(16-19)68-4)33-21-7-11-25(61-21)35(39-41(51)45(55)49(59)46(56)42(39)52)27-13-9-23(63-27)34(38-31(69-5)17-20(66-2)18-32(38)70-6)24-10-14-28(64-24)36(26-12-8-22(33)62-26)40-43(53)47(57)50(60)48(58)44(40)54/h7-18,61,64H,1-6H3. The smallest absolute Gasteiger partial charge is 0.200 e. The first-order chi connectivity index (χ1) is 33.6. The number of aromatic nitrogens is 4. The molecule has 10 nitrogen and oxygen atoms in total. The lowest BCUT2D eigenvalue weighted by Gasteiger charge is -2.16. The van der Waals surface area contributed by atoms with Crippen LogP contribution in [0.25, 0.3) is 90.9 Å². The number of aromatic amines is 2. The Hall–Kier alpha value is -8.42. The molecule has 20 heteroatoms. The van der Waals surface area contributed by atoms with Gasteiger partial charge in [0.05, 0.1) is 87.7 Å². The highest BCUT2D eigenvalue weighted by atomic mass is 19.2. The number of H-pyrrole nitrogens is 2. The van der Waals surface area contributed by atoms with Gasteiger partial charge in [0.25, 0.3) is 0 Å². The van der Waals surface area contributed by atoms with Gasteiger partial charge in [-0.15, -0.1) is 0 Å². The Morgan fingerprint density at radius 1 is 0.300 bits per heavy atom. The number of nitrogens with zero attached hydrogens (tertiary/aromatic N) is 2. The number of ether oxygens (including phenoxy) is 6. The fourth-order valence-electron chi connectivity index (χ4n) is 8.41. The molecule has 2 N–H and O–H groups in total. The Bertz CT molecular complexity index is 3270. The highest BCUT2D eigenvalue weighted by Crippen LogP contribution is 2.49. The number of benzene rings is 4. The zero-order chi connectivity index (χ0) is 50.0. The van der Waals surface area contributed by atoms with Crippen molar-refractivity contribution >= 4 is 46.4 Å². The fraction of sp³-hybridized carbons (Fsp3) is 0.120. The minimum Gasteiger partial charge on any atom is -0.496 e. The van der Waals surface area contributed by atoms with Gasteiger partial charge in [0, 0.05) is 68.6 Å². The van der Waals surface area contributed by atoms with Crippen molar-refractivity contribution < 1.29 is 72.3 Å². The van der Waals surface area contributed by atoms with Crippen LogP contribution in [0.15, 0.2) is 48.5 Å². The molecule has 3 aromatic heterocycles. The normalized spacial score (nSPS) is 11.9. The minimum absolute atomic E-state index is 0.00659. The molecule has 0 saturated carbocycles. The lowest BCUT2D eigenvalue weighted by atomic mass is 10.0. The summed E-state index contributed by atoms with van der Waals surface area (Å²) >= 11 is 0. The number of hydrogen-bond donors (Lipinski definition) is 2. The van der Waals surface area contributed by atoms with Crippen molar-refractivity contribution in [2.24, 2.45) is 0 Å². The summed E-state index contributed by atoms with van der Waals surface area (Å²) in [4.78, 5) is 15.4. The highest BCUT2D eigenvalue weighted by Gasteiger charge is 2.33. The van der Waals surface area contributed by atoms with Gasteiger partial charge in [0.1, 0.15) is 34.5 Å². The molecule has 2 aliphatic heterocycles. The first-order valence-electron chi connectivity index (χ1n) is 20.4. The summed E-state index contributed by atoms with van der Waals surface area (Å²) in [7, 11) is 7.92. The van der Waals surface area contributed by atoms with Gasteiger partial charge in [-0.05, 0) is 48.6 Å². The molecule has 0 aliphatic carbocycles. The summed E-state index contributed by atoms with van der Waals surface area (Å²) in [5.74, 6) is -21.9. The van der Waals surface area contributed by atoms with Crippen molar-refractivity contribution in [2.45, 2.75) is 0 Å². The van der Waals surface area contributed by atoms with Gasteiger partial charge in [-0.2, -0.15) is 0 Å². The summed E-state index contributed by atoms with van der Waals surface area (Å²) in [6, 6.07) is 11.0. The second-order valence-electron chi connectivity index (χ2n) is 15.2. The maximum absolute atomic E-state index is 16.2. The zero-order valence-corrected chi connectivity index (χ0v) is 37.1. The van der Waals surface area contributed by atoms with Gasteiger partial charge in [-0.1, -0.05) is 0 Å². The van der Waals surface area contributed by atoms with Crippen molar-refractivity contribution in [3.05, 3.63) is 129 Å². The first kappa shape index (κ1) is 46.7. The highest BCUT2D eigenvalue weighted by molar-refractivity contribution is 6.02. The van der Waals surface area contributed by atoms with Crippen LogP contribution in [-0.2, 0) is 0 Å². The molecule has 5 heterocycles. The molecule has 70 heavy (non-hydrogen) atoms. The van der Waals surface area contributed by atoms with Crippen LogP contribution >= 0.6 is 0 Å². The third kappa shape index (κ3) is 7.28. The molecule has 0 radical (unpaired) electrons. The van der Waals surface area contributed by atoms with E-state index >= 15 is 35.1 Å². The Morgan fingerprint density at radius 2 is 0.529 bits per heavy atom. The van der Waals surface area contributed by atoms with E-state index in [0.717, 1.165) is 0 Å². The van der Waals surface area contributed by atoms with Crippen LogP contribution in [0, 0.1) is 58.2 Å². The van der Waals surface area contributed by atoms with E-state index in [0.29, 0.717) is 0 Å². The molecule has 0 saturated heterocycles. The summed E-state index contributed by atoms with van der Waals surface area (Å²) in [6.45, 7) is 0. The van der Waals surface area contributed by atoms with Crippen LogP contribution < -0.4 is 28.4 Å². The van der Waals surface area contributed by atoms with Crippen LogP contribution in [0.3, 0.4) is 0 Å². The molecule has 9 rings (SSSR count). The average molecular weight is 975 g/mol. The maximum atomic E-state index is 16.2. The van der Waals surface area contributed by atoms with Crippen LogP contribution in [0.2, 0.25) is 0 Å². The molecule has 0 atom stereocenters. The van der Waals surface area contributed by atoms with Crippen molar-refractivity contribution in [3.63, 3.8) is 0 Å². The zero-order valence-electron chi connectivity index (χ0n) is 37.1. The Balaban J connectivity index is 1.58. The third-order valence-corrected chi connectivity index (χ3v) is 11.6. The minimum atomic E-state index is -2.41. The molecule has 7 aromatic rings. The molecule has 0 amide bonds. The second-order valence-corrected chi connectivity index (χ2v) is 15.2. The van der Waals surface area contributed by atoms with Crippen LogP contribution in [0.4, 0.5) is 43.9 Å². The molecule has 0 unspecified atom stereocenters. The van der Waals surface area contributed by atoms with Crippen LogP contribution in [-0.4, -0.2) is 62.6 Å². The molecular formula is C50H32F10N4O6. The van der Waals surface area contributed by atoms with E-state index < -0.39 is 80.4 Å². The number of rotatable bonds is 10. The van der Waals surface area contributed by atoms with Gasteiger partial charge in [-0.3, -0.25) is 0 Å². The van der Waals surface area contributed by atoms with Crippen molar-refractivity contribution in [1.82, 2.24) is 19.9 Å². The fourth-order valence-corrected chi connectivity index (χ4v) is 8.41. The maximum Gasteiger partial charge on any atom is 0.200 e. The van der Waals surface area contributed by atoms with E-state index in [4.69, 9.17) is 38.4 Å². The third-order valence-electron chi connectivity index (χ3n) is 11.6. The molecule has 0 fully saturated rings. The van der Waals surface area contributed by atoms with Crippen LogP contribution in [0.5, 0.6) is 34.5 Å². The van der Waals surface area contributed by atoms with E-state index in [-0.39, 0.29) is 102 Å². The van der Waals surface area contributed by atoms with Crippen molar-refractivity contribution in [3.8, 4) is 79.0 Å². The Morgan fingerprint density at radius 3 is 0.757 bits per heavy atom. The monoisotopic (exact) mass is 974 g/mol. The lowest BCUT2D eigenvalue weighted by molar-refractivity contribution is 0.377. The Labute approximate surface area is 389 Å². The predicted octanol–water partition coefficient (Wildman–Crippen LogP) is 12.8. The Kier molecular flexibility index (Phi) is 11.9. The van der Waals surface area contributed by atoms with Gasteiger partial charge in [0.2, 0.25) is 11.6 Å². The first-order valence-corrected chi connectivity index (χ1v) is 20.4. The van der Waals surface area contributed by atoms with Gasteiger partial charge >= 0.3 is 0 Å². The quantitative estimate of drug-likeness (QED) is 0.0792. The number of methoxy groups -OCH3 is 6. The second kappa shape index (κ2) is 17.9. The van der Waals surface area contributed by atoms with E-state index in [9.17, 15) is 8.78 Å². The van der Waals surface area contributed by atoms with Crippen LogP contribution in [0.1, 0.15) is 22.8 Å². The topological polar surface area (TPSA) is 113 Å². The summed E-state index contributed by atoms with van der Waals surface area (Å²) in [6.07, 6.45) is 5.11. The van der Waals surface area contributed by atoms with Crippen molar-refractivity contribution in [1.29, 1.82) is 0 Å². The van der Waals surface area contributed by atoms with E-state index in [1.165, 1.54) is 115 Å². The largest absolute Gasteiger partial charge is 0.496 e. The van der Waals surface area contributed by atoms with Crippen molar-refractivity contribution in [2.75, 3.05) is 42.7 Å². The summed E-state index contributed by atoms with van der Waals surface area (Å²) in [5.41, 5.74) is -5.27. The summed E-state index contributed by atoms with van der Waals surface area (Å²) in [5, 5.41) is 0. The molecule has 2 aliphatic rings. The molecule has 8 bridgehead atoms. The molecular weight excluding hydrogens is 943 g/mol. The number of nitrogens with one attached hydrogen (secondary N) is 2. The van der Waals surface area contributed by atoms with E-state index in [2.05, 4.69) is 9.97 Å². The van der Waals surface area contributed by atoms with Gasteiger partial charge in [-0.25, -0.2) is 53.9 Å². The average Bonchev–Trinajstić information content (AvgIpc) is 4.24.